The predicted octanol–water partition coefficient (Wildman–Crippen LogP) is -0.156. The highest BCUT2D eigenvalue weighted by Gasteiger charge is 2.23. The van der Waals surface area contributed by atoms with E-state index in [1.54, 1.807) is 11.0 Å². The van der Waals surface area contributed by atoms with Gasteiger partial charge in [-0.1, -0.05) is 12.1 Å². The molecule has 0 fully saturated rings. The van der Waals surface area contributed by atoms with Gasteiger partial charge < -0.3 is 15.6 Å². The summed E-state index contributed by atoms with van der Waals surface area (Å²) in [5.74, 6) is -0.382. The highest BCUT2D eigenvalue weighted by Crippen LogP contribution is 2.24. The van der Waals surface area contributed by atoms with Crippen molar-refractivity contribution >= 4 is 11.6 Å². The van der Waals surface area contributed by atoms with Crippen LogP contribution in [0.5, 0.6) is 0 Å². The lowest BCUT2D eigenvalue weighted by Gasteiger charge is -2.29. The zero-order chi connectivity index (χ0) is 15.0. The van der Waals surface area contributed by atoms with Gasteiger partial charge in [-0.3, -0.25) is 14.6 Å². The van der Waals surface area contributed by atoms with E-state index < -0.39 is 11.2 Å². The number of carbonyl (C=O) groups is 1. The minimum Gasteiger partial charge on any atom is -0.398 e. The number of aromatic nitrogens is 2. The number of H-pyrrole nitrogens is 2. The highest BCUT2D eigenvalue weighted by atomic mass is 16.2. The average Bonchev–Trinajstić information content (AvgIpc) is 2.45. The molecule has 2 heterocycles. The largest absolute Gasteiger partial charge is 0.398 e. The lowest BCUT2D eigenvalue weighted by molar-refractivity contribution is 0.0728. The van der Waals surface area contributed by atoms with E-state index in [4.69, 9.17) is 5.73 Å². The summed E-state index contributed by atoms with van der Waals surface area (Å²) in [5, 5.41) is 0. The molecule has 0 saturated carbocycles. The van der Waals surface area contributed by atoms with Gasteiger partial charge in [-0.25, -0.2) is 4.79 Å². The van der Waals surface area contributed by atoms with Gasteiger partial charge in [0.25, 0.3) is 11.5 Å². The number of anilines is 1. The summed E-state index contributed by atoms with van der Waals surface area (Å²) in [6.45, 7) is 0.889. The number of hydrogen-bond acceptors (Lipinski definition) is 4. The van der Waals surface area contributed by atoms with Gasteiger partial charge in [-0.15, -0.1) is 0 Å². The van der Waals surface area contributed by atoms with Gasteiger partial charge in [0.05, 0.1) is 0 Å². The van der Waals surface area contributed by atoms with Crippen LogP contribution in [-0.2, 0) is 13.0 Å². The van der Waals surface area contributed by atoms with Crippen molar-refractivity contribution in [3.8, 4) is 0 Å². The zero-order valence-corrected chi connectivity index (χ0v) is 11.2. The van der Waals surface area contributed by atoms with Crippen LogP contribution in [0.15, 0.2) is 33.9 Å². The van der Waals surface area contributed by atoms with Crippen LogP contribution in [0.3, 0.4) is 0 Å². The number of benzene rings is 1. The Morgan fingerprint density at radius 1 is 1.24 bits per heavy atom. The Hall–Kier alpha value is -2.83. The standard InChI is InChI=1S/C14H14N4O3/c15-10-3-1-2-8-4-5-18(7-9(8)10)13(20)11-6-12(19)17-14(21)16-11/h1-3,6H,4-5,7,15H2,(H2,16,17,19,21). The summed E-state index contributed by atoms with van der Waals surface area (Å²) in [6, 6.07) is 6.76. The third kappa shape index (κ3) is 2.45. The monoisotopic (exact) mass is 286 g/mol. The van der Waals surface area contributed by atoms with Crippen LogP contribution in [0, 0.1) is 0 Å². The summed E-state index contributed by atoms with van der Waals surface area (Å²) < 4.78 is 0. The Balaban J connectivity index is 1.92. The second-order valence-corrected chi connectivity index (χ2v) is 4.96. The van der Waals surface area contributed by atoms with Crippen LogP contribution in [0.4, 0.5) is 5.69 Å². The van der Waals surface area contributed by atoms with E-state index in [9.17, 15) is 14.4 Å². The molecule has 108 valence electrons. The summed E-state index contributed by atoms with van der Waals surface area (Å²) in [5.41, 5.74) is 7.32. The van der Waals surface area contributed by atoms with Gasteiger partial charge in [-0.05, 0) is 23.6 Å². The normalized spacial score (nSPS) is 13.8. The van der Waals surface area contributed by atoms with Crippen molar-refractivity contribution in [1.82, 2.24) is 14.9 Å². The van der Waals surface area contributed by atoms with Crippen molar-refractivity contribution in [2.75, 3.05) is 12.3 Å². The van der Waals surface area contributed by atoms with Gasteiger partial charge in [0.15, 0.2) is 0 Å². The van der Waals surface area contributed by atoms with Crippen LogP contribution in [0.2, 0.25) is 0 Å². The minimum atomic E-state index is -0.692. The van der Waals surface area contributed by atoms with Crippen molar-refractivity contribution in [2.24, 2.45) is 0 Å². The summed E-state index contributed by atoms with van der Waals surface area (Å²) in [7, 11) is 0. The first-order valence-corrected chi connectivity index (χ1v) is 6.54. The van der Waals surface area contributed by atoms with E-state index in [2.05, 4.69) is 4.98 Å². The maximum Gasteiger partial charge on any atom is 0.326 e. The molecule has 21 heavy (non-hydrogen) atoms. The number of nitrogen functional groups attached to an aromatic ring is 1. The molecule has 0 saturated heterocycles. The molecule has 0 aliphatic carbocycles. The maximum atomic E-state index is 12.4. The highest BCUT2D eigenvalue weighted by molar-refractivity contribution is 5.92. The van der Waals surface area contributed by atoms with E-state index in [0.29, 0.717) is 25.2 Å². The topological polar surface area (TPSA) is 112 Å². The van der Waals surface area contributed by atoms with Crippen LogP contribution in [0.1, 0.15) is 21.6 Å². The Morgan fingerprint density at radius 2 is 2.05 bits per heavy atom. The molecule has 0 unspecified atom stereocenters. The molecule has 4 N–H and O–H groups in total. The number of nitrogens with two attached hydrogens (primary N) is 1. The molecule has 1 aliphatic heterocycles. The van der Waals surface area contributed by atoms with Gasteiger partial charge in [0.1, 0.15) is 5.69 Å². The third-order valence-electron chi connectivity index (χ3n) is 3.59. The van der Waals surface area contributed by atoms with Crippen LogP contribution in [0.25, 0.3) is 0 Å². The van der Waals surface area contributed by atoms with Crippen molar-refractivity contribution in [3.63, 3.8) is 0 Å². The molecular weight excluding hydrogens is 272 g/mol. The zero-order valence-electron chi connectivity index (χ0n) is 11.2. The molecule has 0 bridgehead atoms. The predicted molar refractivity (Wildman–Crippen MR) is 77.0 cm³/mol. The fraction of sp³-hybridized carbons (Fsp3) is 0.214. The lowest BCUT2D eigenvalue weighted by Crippen LogP contribution is -2.38. The van der Waals surface area contributed by atoms with Crippen LogP contribution < -0.4 is 17.0 Å². The minimum absolute atomic E-state index is 0.0123. The summed E-state index contributed by atoms with van der Waals surface area (Å²) in [4.78, 5) is 40.9. The molecule has 0 spiro atoms. The molecule has 0 atom stereocenters. The molecule has 7 nitrogen and oxygen atoms in total. The summed E-state index contributed by atoms with van der Waals surface area (Å²) >= 11 is 0. The molecule has 1 amide bonds. The second kappa shape index (κ2) is 4.93. The number of nitrogens with one attached hydrogen (secondary N) is 2. The number of nitrogens with zero attached hydrogens (tertiary/aromatic N) is 1. The van der Waals surface area contributed by atoms with E-state index in [-0.39, 0.29) is 11.6 Å². The second-order valence-electron chi connectivity index (χ2n) is 4.96. The average molecular weight is 286 g/mol. The third-order valence-corrected chi connectivity index (χ3v) is 3.59. The van der Waals surface area contributed by atoms with Crippen molar-refractivity contribution in [2.45, 2.75) is 13.0 Å². The Kier molecular flexibility index (Phi) is 3.09. The molecule has 2 aromatic rings. The maximum absolute atomic E-state index is 12.4. The first-order chi connectivity index (χ1) is 10.0. The SMILES string of the molecule is Nc1cccc2c1CN(C(=O)c1cc(=O)[nH]c(=O)[nH]1)CC2. The van der Waals surface area contributed by atoms with Gasteiger partial charge in [0.2, 0.25) is 0 Å². The Morgan fingerprint density at radius 3 is 2.81 bits per heavy atom. The number of amides is 1. The molecule has 7 heteroatoms. The summed E-state index contributed by atoms with van der Waals surface area (Å²) in [6.07, 6.45) is 0.694. The van der Waals surface area contributed by atoms with Crippen molar-refractivity contribution < 1.29 is 4.79 Å². The van der Waals surface area contributed by atoms with E-state index in [1.165, 1.54) is 0 Å². The van der Waals surface area contributed by atoms with Crippen molar-refractivity contribution in [1.29, 1.82) is 0 Å². The fourth-order valence-electron chi connectivity index (χ4n) is 2.53. The Labute approximate surface area is 119 Å². The molecule has 1 aromatic heterocycles. The van der Waals surface area contributed by atoms with Crippen LogP contribution >= 0.6 is 0 Å². The van der Waals surface area contributed by atoms with Gasteiger partial charge in [0, 0.05) is 24.8 Å². The van der Waals surface area contributed by atoms with E-state index in [0.717, 1.165) is 17.2 Å². The number of hydrogen-bond donors (Lipinski definition) is 3. The van der Waals surface area contributed by atoms with E-state index >= 15 is 0 Å². The van der Waals surface area contributed by atoms with E-state index in [1.807, 2.05) is 17.1 Å². The van der Waals surface area contributed by atoms with Crippen molar-refractivity contribution in [3.05, 3.63) is 61.9 Å². The number of rotatable bonds is 1. The fourth-order valence-corrected chi connectivity index (χ4v) is 2.53. The molecule has 1 aliphatic rings. The number of carbonyl (C=O) groups excluding carboxylic acids is 1. The first kappa shape index (κ1) is 13.2. The number of fused-ring (bicyclic) bond motifs is 1. The van der Waals surface area contributed by atoms with Crippen LogP contribution in [-0.4, -0.2) is 27.3 Å². The molecule has 0 radical (unpaired) electrons. The molecule has 3 rings (SSSR count). The quantitative estimate of drug-likeness (QED) is 0.632. The smallest absolute Gasteiger partial charge is 0.326 e. The molecule has 1 aromatic carbocycles. The van der Waals surface area contributed by atoms with Gasteiger partial charge in [-0.2, -0.15) is 0 Å². The van der Waals surface area contributed by atoms with Gasteiger partial charge >= 0.3 is 5.69 Å². The lowest BCUT2D eigenvalue weighted by atomic mass is 9.98. The first-order valence-electron chi connectivity index (χ1n) is 6.54. The molecular formula is C14H14N4O3. The Bertz CT molecular complexity index is 793. The number of aromatic amines is 2.